The number of carbonyl (C=O) groups is 1. The Hall–Kier alpha value is -1.96. The molecule has 1 nitrogen and oxygen atoms in total. The quantitative estimate of drug-likeness (QED) is 0.719. The van der Waals surface area contributed by atoms with Gasteiger partial charge in [0.25, 0.3) is 0 Å². The third kappa shape index (κ3) is 3.13. The van der Waals surface area contributed by atoms with Crippen LogP contribution in [0.15, 0.2) is 42.5 Å². The third-order valence-corrected chi connectivity index (χ3v) is 3.47. The summed E-state index contributed by atoms with van der Waals surface area (Å²) in [5.74, 6) is -0.680. The molecule has 0 fully saturated rings. The summed E-state index contributed by atoms with van der Waals surface area (Å²) in [6, 6.07) is 12.4. The van der Waals surface area contributed by atoms with E-state index in [9.17, 15) is 9.18 Å². The Labute approximate surface area is 119 Å². The maximum absolute atomic E-state index is 14.0. The van der Waals surface area contributed by atoms with E-state index in [0.29, 0.717) is 11.1 Å². The van der Waals surface area contributed by atoms with Gasteiger partial charge in [-0.2, -0.15) is 0 Å². The van der Waals surface area contributed by atoms with Crippen molar-refractivity contribution in [2.75, 3.05) is 0 Å². The van der Waals surface area contributed by atoms with Crippen LogP contribution in [-0.2, 0) is 6.42 Å². The topological polar surface area (TPSA) is 17.1 Å². The van der Waals surface area contributed by atoms with E-state index >= 15 is 0 Å². The number of carbonyl (C=O) groups excluding carboxylic acids is 1. The highest BCUT2D eigenvalue weighted by Gasteiger charge is 2.14. The zero-order chi connectivity index (χ0) is 14.5. The molecule has 2 rings (SSSR count). The van der Waals surface area contributed by atoms with Gasteiger partial charge in [-0.3, -0.25) is 4.79 Å². The summed E-state index contributed by atoms with van der Waals surface area (Å²) in [5, 5.41) is 0. The predicted molar refractivity (Wildman–Crippen MR) is 79.6 cm³/mol. The van der Waals surface area contributed by atoms with Crippen molar-refractivity contribution >= 4 is 5.78 Å². The number of hydrogen-bond donors (Lipinski definition) is 0. The van der Waals surface area contributed by atoms with Crippen molar-refractivity contribution in [3.63, 3.8) is 0 Å². The number of hydrogen-bond acceptors (Lipinski definition) is 1. The van der Waals surface area contributed by atoms with Crippen molar-refractivity contribution in [1.82, 2.24) is 0 Å². The van der Waals surface area contributed by atoms with Crippen molar-refractivity contribution in [1.29, 1.82) is 0 Å². The van der Waals surface area contributed by atoms with Crippen molar-refractivity contribution in [3.05, 3.63) is 70.5 Å². The van der Waals surface area contributed by atoms with Crippen molar-refractivity contribution in [2.45, 2.75) is 33.1 Å². The number of aryl methyl sites for hydroxylation is 2. The number of rotatable bonds is 5. The minimum Gasteiger partial charge on any atom is -0.288 e. The van der Waals surface area contributed by atoms with E-state index in [1.54, 1.807) is 31.2 Å². The van der Waals surface area contributed by atoms with Gasteiger partial charge >= 0.3 is 0 Å². The zero-order valence-corrected chi connectivity index (χ0v) is 11.9. The highest BCUT2D eigenvalue weighted by atomic mass is 19.1. The molecule has 0 spiro atoms. The van der Waals surface area contributed by atoms with Crippen LogP contribution in [0.25, 0.3) is 0 Å². The van der Waals surface area contributed by atoms with Crippen molar-refractivity contribution in [2.24, 2.45) is 0 Å². The molecule has 2 heteroatoms. The van der Waals surface area contributed by atoms with E-state index in [2.05, 4.69) is 6.92 Å². The fraction of sp³-hybridized carbons (Fsp3) is 0.278. The van der Waals surface area contributed by atoms with Gasteiger partial charge in [0.2, 0.25) is 0 Å². The fourth-order valence-corrected chi connectivity index (χ4v) is 2.18. The lowest BCUT2D eigenvalue weighted by molar-refractivity contribution is 0.103. The van der Waals surface area contributed by atoms with E-state index in [-0.39, 0.29) is 11.3 Å². The van der Waals surface area contributed by atoms with Crippen LogP contribution in [0.4, 0.5) is 4.39 Å². The zero-order valence-electron chi connectivity index (χ0n) is 11.9. The molecule has 0 saturated heterocycles. The Morgan fingerprint density at radius 3 is 2.45 bits per heavy atom. The first-order chi connectivity index (χ1) is 9.63. The van der Waals surface area contributed by atoms with E-state index in [1.165, 1.54) is 11.6 Å². The first kappa shape index (κ1) is 14.4. The van der Waals surface area contributed by atoms with Crippen LogP contribution in [-0.4, -0.2) is 5.78 Å². The molecule has 0 heterocycles. The molecule has 104 valence electrons. The lowest BCUT2D eigenvalue weighted by Crippen LogP contribution is -2.05. The molecule has 0 aliphatic carbocycles. The molecule has 2 aromatic carbocycles. The Bertz CT molecular complexity index is 599. The molecule has 20 heavy (non-hydrogen) atoms. The van der Waals surface area contributed by atoms with Crippen molar-refractivity contribution in [3.8, 4) is 0 Å². The van der Waals surface area contributed by atoms with Gasteiger partial charge in [0.1, 0.15) is 5.82 Å². The van der Waals surface area contributed by atoms with Gasteiger partial charge in [-0.1, -0.05) is 49.7 Å². The molecule has 0 radical (unpaired) electrons. The van der Waals surface area contributed by atoms with E-state index in [1.807, 2.05) is 12.1 Å². The molecular formula is C18H19FO. The minimum atomic E-state index is -0.424. The number of unbranched alkanes of at least 4 members (excludes halogenated alkanes) is 1. The second kappa shape index (κ2) is 6.47. The van der Waals surface area contributed by atoms with Crippen LogP contribution < -0.4 is 0 Å². The van der Waals surface area contributed by atoms with E-state index in [4.69, 9.17) is 0 Å². The largest absolute Gasteiger partial charge is 0.288 e. The normalized spacial score (nSPS) is 10.6. The molecule has 0 N–H and O–H groups in total. The van der Waals surface area contributed by atoms with Gasteiger partial charge < -0.3 is 0 Å². The molecule has 0 aliphatic rings. The van der Waals surface area contributed by atoms with Crippen LogP contribution >= 0.6 is 0 Å². The van der Waals surface area contributed by atoms with Gasteiger partial charge in [0.05, 0.1) is 5.56 Å². The molecule has 0 saturated carbocycles. The van der Waals surface area contributed by atoms with Crippen LogP contribution in [0.5, 0.6) is 0 Å². The predicted octanol–water partition coefficient (Wildman–Crippen LogP) is 4.71. The fourth-order valence-electron chi connectivity index (χ4n) is 2.18. The molecule has 0 unspecified atom stereocenters. The van der Waals surface area contributed by atoms with Crippen LogP contribution in [0.1, 0.15) is 46.8 Å². The first-order valence-electron chi connectivity index (χ1n) is 7.02. The van der Waals surface area contributed by atoms with Crippen molar-refractivity contribution < 1.29 is 9.18 Å². The first-order valence-corrected chi connectivity index (χ1v) is 7.02. The molecule has 0 amide bonds. The Kier molecular flexibility index (Phi) is 4.67. The minimum absolute atomic E-state index is 0.145. The van der Waals surface area contributed by atoms with Gasteiger partial charge in [-0.15, -0.1) is 0 Å². The number of ketones is 1. The summed E-state index contributed by atoms with van der Waals surface area (Å²) in [6.07, 6.45) is 3.30. The monoisotopic (exact) mass is 270 g/mol. The highest BCUT2D eigenvalue weighted by Crippen LogP contribution is 2.17. The Balaban J connectivity index is 2.23. The summed E-state index contributed by atoms with van der Waals surface area (Å²) < 4.78 is 14.0. The van der Waals surface area contributed by atoms with Gasteiger partial charge in [0, 0.05) is 5.56 Å². The van der Waals surface area contributed by atoms with E-state index in [0.717, 1.165) is 19.3 Å². The summed E-state index contributed by atoms with van der Waals surface area (Å²) in [4.78, 5) is 12.3. The maximum Gasteiger partial charge on any atom is 0.195 e. The lowest BCUT2D eigenvalue weighted by Gasteiger charge is -2.06. The second-order valence-corrected chi connectivity index (χ2v) is 5.07. The molecule has 0 aromatic heterocycles. The molecular weight excluding hydrogens is 251 g/mol. The summed E-state index contributed by atoms with van der Waals surface area (Å²) in [6.45, 7) is 3.82. The van der Waals surface area contributed by atoms with Gasteiger partial charge in [-0.25, -0.2) is 4.39 Å². The summed E-state index contributed by atoms with van der Waals surface area (Å²) in [5.41, 5.74) is 2.39. The molecule has 0 atom stereocenters. The van der Waals surface area contributed by atoms with Crippen LogP contribution in [0, 0.1) is 12.7 Å². The van der Waals surface area contributed by atoms with Gasteiger partial charge in [-0.05, 0) is 37.0 Å². The number of benzene rings is 2. The number of halogens is 1. The molecule has 2 aromatic rings. The van der Waals surface area contributed by atoms with Crippen LogP contribution in [0.3, 0.4) is 0 Å². The van der Waals surface area contributed by atoms with Crippen LogP contribution in [0.2, 0.25) is 0 Å². The summed E-state index contributed by atoms with van der Waals surface area (Å²) >= 11 is 0. The highest BCUT2D eigenvalue weighted by molar-refractivity contribution is 6.09. The molecule has 0 bridgehead atoms. The SMILES string of the molecule is CCCCc1ccc(C(=O)c2cccc(C)c2F)cc1. The Morgan fingerprint density at radius 1 is 1.10 bits per heavy atom. The second-order valence-electron chi connectivity index (χ2n) is 5.07. The maximum atomic E-state index is 14.0. The average Bonchev–Trinajstić information content (AvgIpc) is 2.48. The van der Waals surface area contributed by atoms with Gasteiger partial charge in [0.15, 0.2) is 5.78 Å². The van der Waals surface area contributed by atoms with E-state index < -0.39 is 5.82 Å². The molecule has 0 aliphatic heterocycles. The lowest BCUT2D eigenvalue weighted by atomic mass is 9.99. The smallest absolute Gasteiger partial charge is 0.195 e. The standard InChI is InChI=1S/C18H19FO/c1-3-4-7-14-9-11-15(12-10-14)18(20)16-8-5-6-13(2)17(16)19/h5-6,8-12H,3-4,7H2,1-2H3. The average molecular weight is 270 g/mol. The summed E-state index contributed by atoms with van der Waals surface area (Å²) in [7, 11) is 0. The Morgan fingerprint density at radius 2 is 1.80 bits per heavy atom. The third-order valence-electron chi connectivity index (χ3n) is 3.47.